The van der Waals surface area contributed by atoms with Gasteiger partial charge in [0.1, 0.15) is 4.90 Å². The maximum atomic E-state index is 12.3. The molecule has 0 atom stereocenters. The zero-order chi connectivity index (χ0) is 14.2. The Morgan fingerprint density at radius 2 is 1.80 bits per heavy atom. The molecule has 0 aliphatic heterocycles. The van der Waals surface area contributed by atoms with Crippen molar-refractivity contribution in [3.05, 3.63) is 58.9 Å². The van der Waals surface area contributed by atoms with Crippen LogP contribution in [0, 0.1) is 0 Å². The van der Waals surface area contributed by atoms with Gasteiger partial charge in [0.2, 0.25) is 10.0 Å². The predicted molar refractivity (Wildman–Crippen MR) is 77.2 cm³/mol. The van der Waals surface area contributed by atoms with E-state index in [0.717, 1.165) is 0 Å². The lowest BCUT2D eigenvalue weighted by Crippen LogP contribution is -2.35. The Labute approximate surface area is 122 Å². The summed E-state index contributed by atoms with van der Waals surface area (Å²) in [4.78, 5) is 3.85. The van der Waals surface area contributed by atoms with Gasteiger partial charge in [0.25, 0.3) is 0 Å². The molecule has 1 N–H and O–H groups in total. The third-order valence-corrected chi connectivity index (χ3v) is 5.39. The second-order valence-corrected chi connectivity index (χ2v) is 6.89. The fourth-order valence-corrected chi connectivity index (χ4v) is 4.15. The SMILES string of the molecule is O=S(=O)(NC1Cc2ccccc2C1)c1cnccc1Cl. The molecule has 0 radical (unpaired) electrons. The zero-order valence-electron chi connectivity index (χ0n) is 10.6. The van der Waals surface area contributed by atoms with Gasteiger partial charge in [-0.3, -0.25) is 4.98 Å². The van der Waals surface area contributed by atoms with E-state index in [0.29, 0.717) is 12.8 Å². The molecule has 1 aliphatic carbocycles. The summed E-state index contributed by atoms with van der Waals surface area (Å²) in [6, 6.07) is 9.33. The van der Waals surface area contributed by atoms with E-state index in [2.05, 4.69) is 9.71 Å². The van der Waals surface area contributed by atoms with Gasteiger partial charge in [0.15, 0.2) is 0 Å². The number of nitrogens with one attached hydrogen (secondary N) is 1. The third-order valence-electron chi connectivity index (χ3n) is 3.40. The van der Waals surface area contributed by atoms with E-state index in [1.807, 2.05) is 24.3 Å². The van der Waals surface area contributed by atoms with Gasteiger partial charge in [-0.1, -0.05) is 35.9 Å². The first-order valence-electron chi connectivity index (χ1n) is 6.25. The molecule has 6 heteroatoms. The molecule has 4 nitrogen and oxygen atoms in total. The number of sulfonamides is 1. The van der Waals surface area contributed by atoms with E-state index in [-0.39, 0.29) is 16.0 Å². The summed E-state index contributed by atoms with van der Waals surface area (Å²) < 4.78 is 27.4. The fourth-order valence-electron chi connectivity index (χ4n) is 2.49. The topological polar surface area (TPSA) is 59.1 Å². The van der Waals surface area contributed by atoms with Gasteiger partial charge in [-0.2, -0.15) is 0 Å². The van der Waals surface area contributed by atoms with E-state index in [1.165, 1.54) is 29.6 Å². The molecule has 1 heterocycles. The van der Waals surface area contributed by atoms with Crippen molar-refractivity contribution in [2.24, 2.45) is 0 Å². The Kier molecular flexibility index (Phi) is 3.50. The largest absolute Gasteiger partial charge is 0.263 e. The molecule has 0 unspecified atom stereocenters. The number of hydrogen-bond acceptors (Lipinski definition) is 3. The Morgan fingerprint density at radius 1 is 1.15 bits per heavy atom. The summed E-state index contributed by atoms with van der Waals surface area (Å²) in [7, 11) is -3.64. The van der Waals surface area contributed by atoms with Gasteiger partial charge in [-0.15, -0.1) is 0 Å². The standard InChI is InChI=1S/C14H13ClN2O2S/c15-13-5-6-16-9-14(13)20(18,19)17-12-7-10-3-1-2-4-11(10)8-12/h1-6,9,12,17H,7-8H2. The lowest BCUT2D eigenvalue weighted by atomic mass is 10.1. The molecule has 0 fully saturated rings. The minimum absolute atomic E-state index is 0.0256. The highest BCUT2D eigenvalue weighted by Crippen LogP contribution is 2.24. The van der Waals surface area contributed by atoms with Crippen LogP contribution < -0.4 is 4.72 Å². The van der Waals surface area contributed by atoms with Crippen molar-refractivity contribution in [3.8, 4) is 0 Å². The molecule has 0 amide bonds. The van der Waals surface area contributed by atoms with E-state index in [4.69, 9.17) is 11.6 Å². The number of pyridine rings is 1. The molecule has 2 aromatic rings. The van der Waals surface area contributed by atoms with Crippen molar-refractivity contribution in [3.63, 3.8) is 0 Å². The Bertz CT molecular complexity index is 721. The molecule has 3 rings (SSSR count). The van der Waals surface area contributed by atoms with Crippen LogP contribution in [0.15, 0.2) is 47.6 Å². The van der Waals surface area contributed by atoms with Gasteiger partial charge < -0.3 is 0 Å². The van der Waals surface area contributed by atoms with Crippen LogP contribution in [-0.2, 0) is 22.9 Å². The second kappa shape index (κ2) is 5.16. The van der Waals surface area contributed by atoms with Crippen molar-refractivity contribution in [1.82, 2.24) is 9.71 Å². The highest BCUT2D eigenvalue weighted by molar-refractivity contribution is 7.89. The number of aromatic nitrogens is 1. The Balaban J connectivity index is 1.81. The maximum absolute atomic E-state index is 12.3. The molecule has 20 heavy (non-hydrogen) atoms. The molecule has 0 bridgehead atoms. The predicted octanol–water partition coefficient (Wildman–Crippen LogP) is 2.18. The number of nitrogens with zero attached hydrogens (tertiary/aromatic N) is 1. The molecule has 0 saturated heterocycles. The van der Waals surface area contributed by atoms with Crippen molar-refractivity contribution in [2.45, 2.75) is 23.8 Å². The molecule has 1 aromatic carbocycles. The number of hydrogen-bond donors (Lipinski definition) is 1. The van der Waals surface area contributed by atoms with Crippen LogP contribution in [0.3, 0.4) is 0 Å². The van der Waals surface area contributed by atoms with Gasteiger partial charge in [0, 0.05) is 18.4 Å². The van der Waals surface area contributed by atoms with Crippen molar-refractivity contribution >= 4 is 21.6 Å². The van der Waals surface area contributed by atoms with Crippen LogP contribution >= 0.6 is 11.6 Å². The monoisotopic (exact) mass is 308 g/mol. The van der Waals surface area contributed by atoms with E-state index < -0.39 is 10.0 Å². The molecule has 1 aliphatic rings. The number of halogens is 1. The summed E-state index contributed by atoms with van der Waals surface area (Å²) in [6.07, 6.45) is 4.14. The molecule has 1 aromatic heterocycles. The minimum Gasteiger partial charge on any atom is -0.263 e. The van der Waals surface area contributed by atoms with E-state index >= 15 is 0 Å². The second-order valence-electron chi connectivity index (χ2n) is 4.80. The van der Waals surface area contributed by atoms with Crippen molar-refractivity contribution in [1.29, 1.82) is 0 Å². The maximum Gasteiger partial charge on any atom is 0.243 e. The molecular weight excluding hydrogens is 296 g/mol. The van der Waals surface area contributed by atoms with Gasteiger partial charge >= 0.3 is 0 Å². The van der Waals surface area contributed by atoms with Gasteiger partial charge in [-0.05, 0) is 30.0 Å². The average molecular weight is 309 g/mol. The molecular formula is C14H13ClN2O2S. The van der Waals surface area contributed by atoms with Crippen LogP contribution in [-0.4, -0.2) is 19.4 Å². The zero-order valence-corrected chi connectivity index (χ0v) is 12.2. The van der Waals surface area contributed by atoms with Crippen molar-refractivity contribution in [2.75, 3.05) is 0 Å². The summed E-state index contributed by atoms with van der Waals surface area (Å²) in [5, 5.41) is 0.183. The van der Waals surface area contributed by atoms with Crippen molar-refractivity contribution < 1.29 is 8.42 Å². The van der Waals surface area contributed by atoms with Crippen LogP contribution in [0.1, 0.15) is 11.1 Å². The first kappa shape index (κ1) is 13.5. The van der Waals surface area contributed by atoms with E-state index in [1.54, 1.807) is 0 Å². The van der Waals surface area contributed by atoms with Gasteiger partial charge in [-0.25, -0.2) is 13.1 Å². The summed E-state index contributed by atoms with van der Waals surface area (Å²) in [6.45, 7) is 0. The third kappa shape index (κ3) is 2.57. The summed E-state index contributed by atoms with van der Waals surface area (Å²) in [5.74, 6) is 0. The minimum atomic E-state index is -3.64. The van der Waals surface area contributed by atoms with Crippen LogP contribution in [0.25, 0.3) is 0 Å². The smallest absolute Gasteiger partial charge is 0.243 e. The number of benzene rings is 1. The quantitative estimate of drug-likeness (QED) is 0.945. The summed E-state index contributed by atoms with van der Waals surface area (Å²) >= 11 is 5.92. The molecule has 104 valence electrons. The Hall–Kier alpha value is -1.43. The first-order chi connectivity index (χ1) is 9.56. The van der Waals surface area contributed by atoms with Crippen LogP contribution in [0.2, 0.25) is 5.02 Å². The number of fused-ring (bicyclic) bond motifs is 1. The van der Waals surface area contributed by atoms with E-state index in [9.17, 15) is 8.42 Å². The average Bonchev–Trinajstić information content (AvgIpc) is 2.80. The van der Waals surface area contributed by atoms with Gasteiger partial charge in [0.05, 0.1) is 5.02 Å². The van der Waals surface area contributed by atoms with Crippen LogP contribution in [0.5, 0.6) is 0 Å². The lowest BCUT2D eigenvalue weighted by molar-refractivity contribution is 0.555. The number of rotatable bonds is 3. The highest BCUT2D eigenvalue weighted by Gasteiger charge is 2.27. The highest BCUT2D eigenvalue weighted by atomic mass is 35.5. The normalized spacial score (nSPS) is 15.2. The summed E-state index contributed by atoms with van der Waals surface area (Å²) in [5.41, 5.74) is 2.38. The Morgan fingerprint density at radius 3 is 2.40 bits per heavy atom. The first-order valence-corrected chi connectivity index (χ1v) is 8.11. The van der Waals surface area contributed by atoms with Crippen LogP contribution in [0.4, 0.5) is 0 Å². The lowest BCUT2D eigenvalue weighted by Gasteiger charge is -2.13. The molecule has 0 saturated carbocycles. The molecule has 0 spiro atoms. The fraction of sp³-hybridized carbons (Fsp3) is 0.214.